The number of anilines is 2. The molecule has 158 valence electrons. The second kappa shape index (κ2) is 9.07. The standard InChI is InChI=1S/C23H22F4N2O/c1-29(22-15-19(28)9-12-21(22)24)13-2-14-30-20-10-5-17(6-11-20)16-3-7-18(8-4-16)23(25,26)27/h3-12,15H,2,13-14,28H2,1H3. The van der Waals surface area contributed by atoms with E-state index in [4.69, 9.17) is 10.5 Å². The zero-order valence-electron chi connectivity index (χ0n) is 16.4. The van der Waals surface area contributed by atoms with Crippen molar-refractivity contribution < 1.29 is 22.3 Å². The predicted octanol–water partition coefficient (Wildman–Crippen LogP) is 6.00. The van der Waals surface area contributed by atoms with Crippen molar-refractivity contribution in [3.05, 3.63) is 78.1 Å². The van der Waals surface area contributed by atoms with Crippen molar-refractivity contribution >= 4 is 11.4 Å². The van der Waals surface area contributed by atoms with Crippen LogP contribution in [0.2, 0.25) is 0 Å². The minimum Gasteiger partial charge on any atom is -0.494 e. The van der Waals surface area contributed by atoms with Crippen LogP contribution in [0.5, 0.6) is 5.75 Å². The van der Waals surface area contributed by atoms with Crippen molar-refractivity contribution in [3.8, 4) is 16.9 Å². The molecular formula is C23H22F4N2O. The van der Waals surface area contributed by atoms with E-state index in [0.29, 0.717) is 42.3 Å². The first-order valence-corrected chi connectivity index (χ1v) is 9.41. The molecule has 0 unspecified atom stereocenters. The minimum atomic E-state index is -4.34. The molecule has 7 heteroatoms. The summed E-state index contributed by atoms with van der Waals surface area (Å²) in [6.07, 6.45) is -3.67. The Kier molecular flexibility index (Phi) is 6.50. The Morgan fingerprint density at radius 1 is 0.900 bits per heavy atom. The van der Waals surface area contributed by atoms with Crippen molar-refractivity contribution in [3.63, 3.8) is 0 Å². The number of halogens is 4. The molecule has 0 aliphatic rings. The fraction of sp³-hybridized carbons (Fsp3) is 0.217. The molecule has 3 aromatic carbocycles. The zero-order chi connectivity index (χ0) is 21.7. The highest BCUT2D eigenvalue weighted by Crippen LogP contribution is 2.31. The van der Waals surface area contributed by atoms with Gasteiger partial charge in [0.25, 0.3) is 0 Å². The van der Waals surface area contributed by atoms with E-state index in [1.165, 1.54) is 24.3 Å². The molecule has 0 amide bonds. The molecule has 0 spiro atoms. The van der Waals surface area contributed by atoms with Crippen LogP contribution in [0.25, 0.3) is 11.1 Å². The lowest BCUT2D eigenvalue weighted by Crippen LogP contribution is -2.21. The predicted molar refractivity (Wildman–Crippen MR) is 111 cm³/mol. The highest BCUT2D eigenvalue weighted by molar-refractivity contribution is 5.64. The number of hydrogen-bond donors (Lipinski definition) is 1. The summed E-state index contributed by atoms with van der Waals surface area (Å²) in [5.41, 5.74) is 7.47. The van der Waals surface area contributed by atoms with Crippen LogP contribution in [-0.2, 0) is 6.18 Å². The van der Waals surface area contributed by atoms with Crippen LogP contribution in [0.3, 0.4) is 0 Å². The first kappa shape index (κ1) is 21.5. The number of nitrogens with two attached hydrogens (primary N) is 1. The molecule has 0 bridgehead atoms. The van der Waals surface area contributed by atoms with E-state index >= 15 is 0 Å². The third-order valence-electron chi connectivity index (χ3n) is 4.69. The normalized spacial score (nSPS) is 11.4. The third kappa shape index (κ3) is 5.43. The molecule has 0 saturated carbocycles. The monoisotopic (exact) mass is 418 g/mol. The Morgan fingerprint density at radius 2 is 1.50 bits per heavy atom. The van der Waals surface area contributed by atoms with Gasteiger partial charge < -0.3 is 15.4 Å². The fourth-order valence-corrected chi connectivity index (χ4v) is 3.03. The van der Waals surface area contributed by atoms with Crippen LogP contribution in [-0.4, -0.2) is 20.2 Å². The molecule has 0 fully saturated rings. The lowest BCUT2D eigenvalue weighted by Gasteiger charge is -2.20. The average molecular weight is 418 g/mol. The first-order chi connectivity index (χ1) is 14.2. The van der Waals surface area contributed by atoms with E-state index in [1.807, 2.05) is 0 Å². The Bertz CT molecular complexity index is 970. The molecule has 3 nitrogen and oxygen atoms in total. The summed E-state index contributed by atoms with van der Waals surface area (Å²) in [5, 5.41) is 0. The van der Waals surface area contributed by atoms with Gasteiger partial charge in [-0.1, -0.05) is 24.3 Å². The highest BCUT2D eigenvalue weighted by Gasteiger charge is 2.29. The molecule has 0 aromatic heterocycles. The Morgan fingerprint density at radius 3 is 2.10 bits per heavy atom. The van der Waals surface area contributed by atoms with Crippen molar-refractivity contribution in [2.24, 2.45) is 0 Å². The Balaban J connectivity index is 1.51. The van der Waals surface area contributed by atoms with Crippen LogP contribution in [0.1, 0.15) is 12.0 Å². The van der Waals surface area contributed by atoms with Crippen LogP contribution in [0, 0.1) is 5.82 Å². The van der Waals surface area contributed by atoms with Gasteiger partial charge in [-0.05, 0) is 60.0 Å². The van der Waals surface area contributed by atoms with Gasteiger partial charge in [0.1, 0.15) is 11.6 Å². The summed E-state index contributed by atoms with van der Waals surface area (Å²) in [6, 6.07) is 16.6. The molecule has 0 atom stereocenters. The highest BCUT2D eigenvalue weighted by atomic mass is 19.4. The van der Waals surface area contributed by atoms with Gasteiger partial charge in [0.15, 0.2) is 0 Å². The van der Waals surface area contributed by atoms with E-state index in [0.717, 1.165) is 17.7 Å². The first-order valence-electron chi connectivity index (χ1n) is 9.41. The van der Waals surface area contributed by atoms with Crippen molar-refractivity contribution in [1.29, 1.82) is 0 Å². The topological polar surface area (TPSA) is 38.5 Å². The quantitative estimate of drug-likeness (QED) is 0.291. The van der Waals surface area contributed by atoms with Gasteiger partial charge in [0.05, 0.1) is 17.9 Å². The summed E-state index contributed by atoms with van der Waals surface area (Å²) < 4.78 is 57.6. The average Bonchev–Trinajstić information content (AvgIpc) is 2.73. The van der Waals surface area contributed by atoms with Gasteiger partial charge in [0.2, 0.25) is 0 Å². The summed E-state index contributed by atoms with van der Waals surface area (Å²) in [7, 11) is 1.79. The summed E-state index contributed by atoms with van der Waals surface area (Å²) in [6.45, 7) is 1.03. The van der Waals surface area contributed by atoms with E-state index < -0.39 is 11.7 Å². The van der Waals surface area contributed by atoms with Gasteiger partial charge in [-0.15, -0.1) is 0 Å². The zero-order valence-corrected chi connectivity index (χ0v) is 16.4. The Hall–Kier alpha value is -3.22. The molecule has 0 heterocycles. The van der Waals surface area contributed by atoms with Crippen molar-refractivity contribution in [2.75, 3.05) is 30.8 Å². The van der Waals surface area contributed by atoms with E-state index in [-0.39, 0.29) is 5.82 Å². The molecule has 0 aliphatic heterocycles. The van der Waals surface area contributed by atoms with Crippen molar-refractivity contribution in [1.82, 2.24) is 0 Å². The van der Waals surface area contributed by atoms with Gasteiger partial charge in [-0.25, -0.2) is 4.39 Å². The maximum atomic E-state index is 13.9. The van der Waals surface area contributed by atoms with Gasteiger partial charge >= 0.3 is 6.18 Å². The number of ether oxygens (including phenoxy) is 1. The summed E-state index contributed by atoms with van der Waals surface area (Å²) in [5.74, 6) is 0.329. The van der Waals surface area contributed by atoms with Gasteiger partial charge in [-0.3, -0.25) is 0 Å². The number of hydrogen-bond acceptors (Lipinski definition) is 3. The lowest BCUT2D eigenvalue weighted by molar-refractivity contribution is -0.137. The number of rotatable bonds is 7. The van der Waals surface area contributed by atoms with E-state index in [9.17, 15) is 17.6 Å². The number of alkyl halides is 3. The SMILES string of the molecule is CN(CCCOc1ccc(-c2ccc(C(F)(F)F)cc2)cc1)c1cc(N)ccc1F. The maximum Gasteiger partial charge on any atom is 0.416 e. The third-order valence-corrected chi connectivity index (χ3v) is 4.69. The van der Waals surface area contributed by atoms with Crippen LogP contribution in [0.15, 0.2) is 66.7 Å². The molecule has 30 heavy (non-hydrogen) atoms. The molecular weight excluding hydrogens is 396 g/mol. The summed E-state index contributed by atoms with van der Waals surface area (Å²) >= 11 is 0. The van der Waals surface area contributed by atoms with Gasteiger partial charge in [0, 0.05) is 19.3 Å². The van der Waals surface area contributed by atoms with Crippen LogP contribution >= 0.6 is 0 Å². The van der Waals surface area contributed by atoms with Crippen LogP contribution < -0.4 is 15.4 Å². The Labute approximate surface area is 172 Å². The maximum absolute atomic E-state index is 13.9. The number of nitrogens with zero attached hydrogens (tertiary/aromatic N) is 1. The van der Waals surface area contributed by atoms with Gasteiger partial charge in [-0.2, -0.15) is 13.2 Å². The van der Waals surface area contributed by atoms with Crippen LogP contribution in [0.4, 0.5) is 28.9 Å². The van der Waals surface area contributed by atoms with E-state index in [2.05, 4.69) is 0 Å². The molecule has 3 aromatic rings. The molecule has 2 N–H and O–H groups in total. The summed E-state index contributed by atoms with van der Waals surface area (Å²) in [4.78, 5) is 1.78. The largest absolute Gasteiger partial charge is 0.494 e. The van der Waals surface area contributed by atoms with E-state index in [1.54, 1.807) is 42.3 Å². The second-order valence-electron chi connectivity index (χ2n) is 6.93. The smallest absolute Gasteiger partial charge is 0.416 e. The molecule has 0 aliphatic carbocycles. The molecule has 3 rings (SSSR count). The molecule has 0 radical (unpaired) electrons. The number of benzene rings is 3. The fourth-order valence-electron chi connectivity index (χ4n) is 3.03. The minimum absolute atomic E-state index is 0.327. The van der Waals surface area contributed by atoms with Crippen molar-refractivity contribution in [2.45, 2.75) is 12.6 Å². The number of nitrogen functional groups attached to an aromatic ring is 1. The lowest BCUT2D eigenvalue weighted by atomic mass is 10.0. The molecule has 0 saturated heterocycles. The second-order valence-corrected chi connectivity index (χ2v) is 6.93.